The fraction of sp³-hybridized carbons (Fsp3) is 0.480. The highest BCUT2D eigenvalue weighted by Gasteiger charge is 2.36. The first-order valence-electron chi connectivity index (χ1n) is 11.6. The molecule has 2 atom stereocenters. The molecular weight excluding hydrogens is 402 g/mol. The van der Waals surface area contributed by atoms with Crippen LogP contribution in [0, 0.1) is 11.8 Å². The molecule has 170 valence electrons. The van der Waals surface area contributed by atoms with Gasteiger partial charge in [0, 0.05) is 31.2 Å². The number of primary amides is 1. The van der Waals surface area contributed by atoms with Gasteiger partial charge in [0.1, 0.15) is 5.82 Å². The molecule has 4 rings (SSSR count). The van der Waals surface area contributed by atoms with Crippen LogP contribution in [-0.2, 0) is 22.4 Å². The Morgan fingerprint density at radius 3 is 2.56 bits per heavy atom. The number of nitrogens with zero attached hydrogens (tertiary/aromatic N) is 2. The molecule has 0 spiro atoms. The third-order valence-corrected chi connectivity index (χ3v) is 6.69. The van der Waals surface area contributed by atoms with Crippen molar-refractivity contribution >= 4 is 29.0 Å². The highest BCUT2D eigenvalue weighted by molar-refractivity contribution is 5.89. The van der Waals surface area contributed by atoms with E-state index in [2.05, 4.69) is 41.5 Å². The van der Waals surface area contributed by atoms with E-state index in [1.54, 1.807) is 0 Å². The maximum absolute atomic E-state index is 11.7. The van der Waals surface area contributed by atoms with Gasteiger partial charge in [0.05, 0.1) is 17.3 Å². The number of piperidine rings is 1. The molecule has 7 heteroatoms. The second kappa shape index (κ2) is 9.59. The van der Waals surface area contributed by atoms with E-state index in [4.69, 9.17) is 10.7 Å². The molecule has 0 bridgehead atoms. The summed E-state index contributed by atoms with van der Waals surface area (Å²) in [5.74, 6) is 0.887. The molecule has 2 aliphatic rings. The van der Waals surface area contributed by atoms with Crippen LogP contribution in [0.15, 0.2) is 36.4 Å². The fourth-order valence-corrected chi connectivity index (χ4v) is 4.62. The minimum absolute atomic E-state index is 0.112. The van der Waals surface area contributed by atoms with Crippen LogP contribution in [-0.4, -0.2) is 35.9 Å². The normalized spacial score (nSPS) is 21.4. The summed E-state index contributed by atoms with van der Waals surface area (Å²) in [6.45, 7) is 6.59. The Balaban J connectivity index is 1.42. The Labute approximate surface area is 189 Å². The standard InChI is InChI=1S/C25H33N5O2/c1-3-20-21(8-9-23(28-20)30-12-10-16(2)11-13-30)27-18-6-4-17(5-7-18)14-22-19(25(26)32)15-24(31)29-22/h4-9,16,19,22,27H,3,10-15H2,1-2H3,(H2,26,32)(H,29,31). The number of aromatic nitrogens is 1. The molecule has 1 aromatic heterocycles. The average Bonchev–Trinajstić information content (AvgIpc) is 3.16. The van der Waals surface area contributed by atoms with Crippen LogP contribution in [0.4, 0.5) is 17.2 Å². The Bertz CT molecular complexity index is 967. The lowest BCUT2D eigenvalue weighted by Gasteiger charge is -2.31. The summed E-state index contributed by atoms with van der Waals surface area (Å²) < 4.78 is 0. The van der Waals surface area contributed by atoms with Crippen molar-refractivity contribution in [1.29, 1.82) is 0 Å². The molecule has 0 saturated carbocycles. The molecule has 2 amide bonds. The summed E-state index contributed by atoms with van der Waals surface area (Å²) in [6.07, 6.45) is 4.07. The topological polar surface area (TPSA) is 100 Å². The van der Waals surface area contributed by atoms with Crippen molar-refractivity contribution in [2.45, 2.75) is 52.0 Å². The molecule has 2 aromatic rings. The summed E-state index contributed by atoms with van der Waals surface area (Å²) in [4.78, 5) is 30.6. The predicted octanol–water partition coefficient (Wildman–Crippen LogP) is 3.16. The van der Waals surface area contributed by atoms with Crippen LogP contribution in [0.3, 0.4) is 0 Å². The zero-order valence-corrected chi connectivity index (χ0v) is 18.9. The molecule has 3 heterocycles. The highest BCUT2D eigenvalue weighted by Crippen LogP contribution is 2.27. The average molecular weight is 436 g/mol. The Morgan fingerprint density at radius 2 is 1.91 bits per heavy atom. The molecular formula is C25H33N5O2. The first-order valence-corrected chi connectivity index (χ1v) is 11.6. The summed E-state index contributed by atoms with van der Waals surface area (Å²) in [5, 5.41) is 6.36. The van der Waals surface area contributed by atoms with Gasteiger partial charge in [0.25, 0.3) is 0 Å². The van der Waals surface area contributed by atoms with Gasteiger partial charge in [0.2, 0.25) is 11.8 Å². The van der Waals surface area contributed by atoms with Crippen LogP contribution in [0.1, 0.15) is 44.4 Å². The Hall–Kier alpha value is -3.09. The zero-order chi connectivity index (χ0) is 22.7. The van der Waals surface area contributed by atoms with Gasteiger partial charge in [-0.1, -0.05) is 26.0 Å². The molecule has 7 nitrogen and oxygen atoms in total. The van der Waals surface area contributed by atoms with Gasteiger partial charge in [-0.15, -0.1) is 0 Å². The van der Waals surface area contributed by atoms with E-state index in [0.29, 0.717) is 6.42 Å². The third-order valence-electron chi connectivity index (χ3n) is 6.69. The number of nitrogens with one attached hydrogen (secondary N) is 2. The number of hydrogen-bond donors (Lipinski definition) is 3. The van der Waals surface area contributed by atoms with E-state index in [1.807, 2.05) is 24.3 Å². The SMILES string of the molecule is CCc1nc(N2CCC(C)CC2)ccc1Nc1ccc(CC2NC(=O)CC2C(N)=O)cc1. The predicted molar refractivity (Wildman–Crippen MR) is 127 cm³/mol. The summed E-state index contributed by atoms with van der Waals surface area (Å²) in [5.41, 5.74) is 9.57. The minimum Gasteiger partial charge on any atom is -0.369 e. The number of carbonyl (C=O) groups excluding carboxylic acids is 2. The molecule has 2 saturated heterocycles. The molecule has 4 N–H and O–H groups in total. The quantitative estimate of drug-likeness (QED) is 0.620. The number of amides is 2. The van der Waals surface area contributed by atoms with Crippen molar-refractivity contribution in [3.8, 4) is 0 Å². The lowest BCUT2D eigenvalue weighted by Crippen LogP contribution is -2.37. The second-order valence-corrected chi connectivity index (χ2v) is 9.10. The lowest BCUT2D eigenvalue weighted by atomic mass is 9.94. The van der Waals surface area contributed by atoms with Crippen molar-refractivity contribution in [3.05, 3.63) is 47.7 Å². The van der Waals surface area contributed by atoms with Gasteiger partial charge in [-0.05, 0) is 61.4 Å². The monoisotopic (exact) mass is 435 g/mol. The number of carbonyl (C=O) groups is 2. The van der Waals surface area contributed by atoms with Crippen LogP contribution >= 0.6 is 0 Å². The molecule has 2 aliphatic heterocycles. The largest absolute Gasteiger partial charge is 0.369 e. The van der Waals surface area contributed by atoms with Crippen molar-refractivity contribution in [2.75, 3.05) is 23.3 Å². The van der Waals surface area contributed by atoms with Crippen molar-refractivity contribution in [2.24, 2.45) is 17.6 Å². The fourth-order valence-electron chi connectivity index (χ4n) is 4.62. The van der Waals surface area contributed by atoms with Crippen molar-refractivity contribution in [3.63, 3.8) is 0 Å². The van der Waals surface area contributed by atoms with Gasteiger partial charge < -0.3 is 21.3 Å². The molecule has 2 unspecified atom stereocenters. The number of rotatable bonds is 7. The molecule has 32 heavy (non-hydrogen) atoms. The first kappa shape index (κ1) is 22.1. The summed E-state index contributed by atoms with van der Waals surface area (Å²) in [6, 6.07) is 12.1. The van der Waals surface area contributed by atoms with Crippen molar-refractivity contribution < 1.29 is 9.59 Å². The number of pyridine rings is 1. The molecule has 1 aromatic carbocycles. The number of aryl methyl sites for hydroxylation is 1. The van der Waals surface area contributed by atoms with Crippen LogP contribution in [0.2, 0.25) is 0 Å². The van der Waals surface area contributed by atoms with Gasteiger partial charge in [-0.25, -0.2) is 4.98 Å². The van der Waals surface area contributed by atoms with Crippen LogP contribution in [0.5, 0.6) is 0 Å². The van der Waals surface area contributed by atoms with E-state index >= 15 is 0 Å². The number of nitrogens with two attached hydrogens (primary N) is 1. The Morgan fingerprint density at radius 1 is 1.19 bits per heavy atom. The van der Waals surface area contributed by atoms with Crippen molar-refractivity contribution in [1.82, 2.24) is 10.3 Å². The smallest absolute Gasteiger partial charge is 0.223 e. The van der Waals surface area contributed by atoms with E-state index in [1.165, 1.54) is 12.8 Å². The Kier molecular flexibility index (Phi) is 6.63. The van der Waals surface area contributed by atoms with E-state index in [0.717, 1.165) is 53.9 Å². The van der Waals surface area contributed by atoms with Gasteiger partial charge >= 0.3 is 0 Å². The zero-order valence-electron chi connectivity index (χ0n) is 18.9. The maximum Gasteiger partial charge on any atom is 0.223 e. The number of hydrogen-bond acceptors (Lipinski definition) is 5. The van der Waals surface area contributed by atoms with Crippen LogP contribution in [0.25, 0.3) is 0 Å². The third kappa shape index (κ3) is 5.03. The number of anilines is 3. The lowest BCUT2D eigenvalue weighted by molar-refractivity contribution is -0.124. The summed E-state index contributed by atoms with van der Waals surface area (Å²) in [7, 11) is 0. The van der Waals surface area contributed by atoms with E-state index in [-0.39, 0.29) is 18.4 Å². The summed E-state index contributed by atoms with van der Waals surface area (Å²) >= 11 is 0. The molecule has 0 aliphatic carbocycles. The molecule has 2 fully saturated rings. The number of benzene rings is 1. The van der Waals surface area contributed by atoms with Gasteiger partial charge in [-0.2, -0.15) is 0 Å². The first-order chi connectivity index (χ1) is 15.4. The van der Waals surface area contributed by atoms with E-state index < -0.39 is 11.8 Å². The van der Waals surface area contributed by atoms with Crippen LogP contribution < -0.4 is 21.3 Å². The maximum atomic E-state index is 11.7. The van der Waals surface area contributed by atoms with Gasteiger partial charge in [-0.3, -0.25) is 9.59 Å². The highest BCUT2D eigenvalue weighted by atomic mass is 16.2. The second-order valence-electron chi connectivity index (χ2n) is 9.10. The minimum atomic E-state index is -0.444. The van der Waals surface area contributed by atoms with E-state index in [9.17, 15) is 9.59 Å². The molecule has 0 radical (unpaired) electrons. The van der Waals surface area contributed by atoms with Gasteiger partial charge in [0.15, 0.2) is 0 Å².